The van der Waals surface area contributed by atoms with E-state index in [4.69, 9.17) is 4.74 Å². The molecule has 160 valence electrons. The minimum absolute atomic E-state index is 0.0459. The maximum atomic E-state index is 12.4. The highest BCUT2D eigenvalue weighted by atomic mass is 19.3. The summed E-state index contributed by atoms with van der Waals surface area (Å²) in [5.74, 6) is -0.234. The number of halogens is 2. The van der Waals surface area contributed by atoms with Crippen LogP contribution in [0.1, 0.15) is 31.8 Å². The minimum atomic E-state index is -2.94. The zero-order valence-electron chi connectivity index (χ0n) is 16.8. The van der Waals surface area contributed by atoms with Gasteiger partial charge in [0.25, 0.3) is 5.91 Å². The molecule has 3 aromatic carbocycles. The third-order valence-corrected chi connectivity index (χ3v) is 4.59. The van der Waals surface area contributed by atoms with Crippen LogP contribution in [-0.4, -0.2) is 32.0 Å². The Morgan fingerprint density at radius 2 is 1.52 bits per heavy atom. The molecule has 1 N–H and O–H groups in total. The summed E-state index contributed by atoms with van der Waals surface area (Å²) in [6.45, 7) is -2.60. The number of carbonyl (C=O) groups excluding carboxylic acids is 2. The zero-order valence-corrected chi connectivity index (χ0v) is 16.8. The number of hydrogen-bond acceptors (Lipinski definition) is 4. The smallest absolute Gasteiger partial charge is 0.387 e. The van der Waals surface area contributed by atoms with Crippen molar-refractivity contribution >= 4 is 11.7 Å². The number of alkyl halides is 2. The van der Waals surface area contributed by atoms with Crippen molar-refractivity contribution in [2.75, 3.05) is 13.7 Å². The van der Waals surface area contributed by atoms with Gasteiger partial charge in [0.15, 0.2) is 17.3 Å². The molecule has 31 heavy (non-hydrogen) atoms. The third kappa shape index (κ3) is 5.88. The maximum Gasteiger partial charge on any atom is 0.387 e. The Balaban J connectivity index is 1.56. The van der Waals surface area contributed by atoms with Gasteiger partial charge < -0.3 is 14.8 Å². The van der Waals surface area contributed by atoms with Crippen LogP contribution in [0.15, 0.2) is 72.8 Å². The second-order valence-electron chi connectivity index (χ2n) is 6.64. The fourth-order valence-corrected chi connectivity index (χ4v) is 3.01. The first-order valence-corrected chi connectivity index (χ1v) is 9.57. The van der Waals surface area contributed by atoms with E-state index < -0.39 is 6.61 Å². The van der Waals surface area contributed by atoms with Gasteiger partial charge in [-0.2, -0.15) is 8.78 Å². The highest BCUT2D eigenvalue weighted by molar-refractivity contribution is 6.09. The van der Waals surface area contributed by atoms with E-state index in [-0.39, 0.29) is 23.2 Å². The summed E-state index contributed by atoms with van der Waals surface area (Å²) in [5.41, 5.74) is 2.31. The van der Waals surface area contributed by atoms with Gasteiger partial charge in [0.1, 0.15) is 0 Å². The standard InChI is InChI=1S/C24H21F2NO4/c1-30-21-15-16(7-12-20(21)31-24(25)26)13-14-27-23(29)19-10-8-18(9-11-19)22(28)17-5-3-2-4-6-17/h2-12,15,24H,13-14H2,1H3,(H,27,29). The van der Waals surface area contributed by atoms with Crippen molar-refractivity contribution in [2.45, 2.75) is 13.0 Å². The van der Waals surface area contributed by atoms with Gasteiger partial charge in [-0.15, -0.1) is 0 Å². The summed E-state index contributed by atoms with van der Waals surface area (Å²) in [5, 5.41) is 2.80. The first kappa shape index (κ1) is 22.0. The summed E-state index contributed by atoms with van der Waals surface area (Å²) >= 11 is 0. The SMILES string of the molecule is COc1cc(CCNC(=O)c2ccc(C(=O)c3ccccc3)cc2)ccc1OC(F)F. The Labute approximate surface area is 178 Å². The molecule has 7 heteroatoms. The lowest BCUT2D eigenvalue weighted by Gasteiger charge is -2.12. The van der Waals surface area contributed by atoms with E-state index in [9.17, 15) is 18.4 Å². The van der Waals surface area contributed by atoms with Crippen molar-refractivity contribution in [1.82, 2.24) is 5.32 Å². The van der Waals surface area contributed by atoms with Crippen LogP contribution in [0.25, 0.3) is 0 Å². The second kappa shape index (κ2) is 10.3. The average molecular weight is 425 g/mol. The van der Waals surface area contributed by atoms with Crippen LogP contribution in [-0.2, 0) is 6.42 Å². The first-order chi connectivity index (χ1) is 15.0. The van der Waals surface area contributed by atoms with Crippen LogP contribution in [0.5, 0.6) is 11.5 Å². The van der Waals surface area contributed by atoms with Crippen LogP contribution in [0, 0.1) is 0 Å². The van der Waals surface area contributed by atoms with Gasteiger partial charge in [0.2, 0.25) is 0 Å². The van der Waals surface area contributed by atoms with Gasteiger partial charge in [0.05, 0.1) is 7.11 Å². The van der Waals surface area contributed by atoms with Crippen molar-refractivity contribution in [3.8, 4) is 11.5 Å². The molecule has 0 bridgehead atoms. The summed E-state index contributed by atoms with van der Waals surface area (Å²) in [4.78, 5) is 24.8. The van der Waals surface area contributed by atoms with E-state index in [0.717, 1.165) is 5.56 Å². The van der Waals surface area contributed by atoms with Gasteiger partial charge in [-0.3, -0.25) is 9.59 Å². The quantitative estimate of drug-likeness (QED) is 0.513. The Morgan fingerprint density at radius 3 is 2.16 bits per heavy atom. The molecule has 1 amide bonds. The van der Waals surface area contributed by atoms with E-state index in [0.29, 0.717) is 29.7 Å². The first-order valence-electron chi connectivity index (χ1n) is 9.57. The molecule has 3 rings (SSSR count). The lowest BCUT2D eigenvalue weighted by atomic mass is 10.0. The van der Waals surface area contributed by atoms with Crippen LogP contribution in [0.4, 0.5) is 8.78 Å². The topological polar surface area (TPSA) is 64.6 Å². The van der Waals surface area contributed by atoms with Crippen molar-refractivity contribution < 1.29 is 27.8 Å². The van der Waals surface area contributed by atoms with Crippen LogP contribution < -0.4 is 14.8 Å². The number of methoxy groups -OCH3 is 1. The molecule has 0 aromatic heterocycles. The van der Waals surface area contributed by atoms with E-state index >= 15 is 0 Å². The fraction of sp³-hybridized carbons (Fsp3) is 0.167. The maximum absolute atomic E-state index is 12.4. The van der Waals surface area contributed by atoms with Gasteiger partial charge in [0, 0.05) is 23.2 Å². The van der Waals surface area contributed by atoms with Crippen LogP contribution in [0.2, 0.25) is 0 Å². The molecule has 0 aliphatic rings. The number of nitrogens with one attached hydrogen (secondary N) is 1. The monoisotopic (exact) mass is 425 g/mol. The Hall–Kier alpha value is -3.74. The van der Waals surface area contributed by atoms with Gasteiger partial charge in [-0.1, -0.05) is 48.5 Å². The molecular formula is C24H21F2NO4. The summed E-state index contributed by atoms with van der Waals surface area (Å²) < 4.78 is 34.3. The minimum Gasteiger partial charge on any atom is -0.493 e. The molecule has 3 aromatic rings. The average Bonchev–Trinajstić information content (AvgIpc) is 2.79. The number of ketones is 1. The summed E-state index contributed by atoms with van der Waals surface area (Å²) in [7, 11) is 1.37. The molecule has 0 saturated heterocycles. The van der Waals surface area contributed by atoms with Crippen LogP contribution in [0.3, 0.4) is 0 Å². The number of carbonyl (C=O) groups is 2. The predicted octanol–water partition coefficient (Wildman–Crippen LogP) is 4.50. The lowest BCUT2D eigenvalue weighted by Crippen LogP contribution is -2.25. The van der Waals surface area contributed by atoms with Crippen molar-refractivity contribution in [1.29, 1.82) is 0 Å². The molecule has 0 unspecified atom stereocenters. The summed E-state index contributed by atoms with van der Waals surface area (Å²) in [6.07, 6.45) is 0.474. The van der Waals surface area contributed by atoms with Crippen LogP contribution >= 0.6 is 0 Å². The third-order valence-electron chi connectivity index (χ3n) is 4.59. The molecule has 0 aliphatic carbocycles. The second-order valence-corrected chi connectivity index (χ2v) is 6.64. The molecule has 0 heterocycles. The highest BCUT2D eigenvalue weighted by Gasteiger charge is 2.12. The fourth-order valence-electron chi connectivity index (χ4n) is 3.01. The molecule has 0 radical (unpaired) electrons. The van der Waals surface area contributed by atoms with E-state index in [2.05, 4.69) is 10.1 Å². The number of benzene rings is 3. The van der Waals surface area contributed by atoms with E-state index in [1.165, 1.54) is 13.2 Å². The largest absolute Gasteiger partial charge is 0.493 e. The Kier molecular flexibility index (Phi) is 7.32. The number of ether oxygens (including phenoxy) is 2. The molecule has 0 saturated carbocycles. The van der Waals surface area contributed by atoms with Gasteiger partial charge >= 0.3 is 6.61 Å². The van der Waals surface area contributed by atoms with Crippen molar-refractivity contribution in [3.63, 3.8) is 0 Å². The van der Waals surface area contributed by atoms with Gasteiger partial charge in [-0.25, -0.2) is 0 Å². The van der Waals surface area contributed by atoms with E-state index in [1.807, 2.05) is 6.07 Å². The normalized spacial score (nSPS) is 10.6. The van der Waals surface area contributed by atoms with Crippen molar-refractivity contribution in [3.05, 3.63) is 95.1 Å². The number of amides is 1. The highest BCUT2D eigenvalue weighted by Crippen LogP contribution is 2.29. The summed E-state index contributed by atoms with van der Waals surface area (Å²) in [6, 6.07) is 20.0. The Morgan fingerprint density at radius 1 is 0.871 bits per heavy atom. The van der Waals surface area contributed by atoms with Gasteiger partial charge in [-0.05, 0) is 36.2 Å². The lowest BCUT2D eigenvalue weighted by molar-refractivity contribution is -0.0512. The molecule has 5 nitrogen and oxygen atoms in total. The predicted molar refractivity (Wildman–Crippen MR) is 112 cm³/mol. The number of rotatable bonds is 9. The zero-order chi connectivity index (χ0) is 22.2. The molecule has 0 spiro atoms. The molecular weight excluding hydrogens is 404 g/mol. The molecule has 0 aliphatic heterocycles. The van der Waals surface area contributed by atoms with Crippen molar-refractivity contribution in [2.24, 2.45) is 0 Å². The van der Waals surface area contributed by atoms with E-state index in [1.54, 1.807) is 60.7 Å². The number of hydrogen-bond donors (Lipinski definition) is 1. The molecule has 0 fully saturated rings. The molecule has 0 atom stereocenters. The Bertz CT molecular complexity index is 1040.